The van der Waals surface area contributed by atoms with Gasteiger partial charge in [-0.05, 0) is 48.4 Å². The van der Waals surface area contributed by atoms with Crippen LogP contribution in [-0.4, -0.2) is 34.2 Å². The Labute approximate surface area is 162 Å². The molecule has 0 saturated carbocycles. The van der Waals surface area contributed by atoms with Gasteiger partial charge in [0.1, 0.15) is 17.5 Å². The summed E-state index contributed by atoms with van der Waals surface area (Å²) in [4.78, 5) is 16.1. The number of pyridine rings is 1. The zero-order valence-corrected chi connectivity index (χ0v) is 15.4. The van der Waals surface area contributed by atoms with Crippen molar-refractivity contribution in [2.24, 2.45) is 0 Å². The molecule has 7 nitrogen and oxygen atoms in total. The molecular formula is C20H21FN6O. The van der Waals surface area contributed by atoms with E-state index in [2.05, 4.69) is 31.1 Å². The second-order valence-electron chi connectivity index (χ2n) is 6.19. The molecule has 3 aromatic rings. The number of rotatable bonds is 8. The Morgan fingerprint density at radius 3 is 2.54 bits per heavy atom. The lowest BCUT2D eigenvalue weighted by atomic mass is 10.1. The molecule has 0 bridgehead atoms. The van der Waals surface area contributed by atoms with Gasteiger partial charge in [0.25, 0.3) is 0 Å². The number of hydrogen-bond donors (Lipinski definition) is 3. The summed E-state index contributed by atoms with van der Waals surface area (Å²) in [5.74, 6) is 1.27. The van der Waals surface area contributed by atoms with Gasteiger partial charge in [0.05, 0.1) is 6.42 Å². The average Bonchev–Trinajstić information content (AvgIpc) is 2.68. The summed E-state index contributed by atoms with van der Waals surface area (Å²) in [7, 11) is 0. The molecular weight excluding hydrogens is 359 g/mol. The van der Waals surface area contributed by atoms with Crippen molar-refractivity contribution >= 4 is 23.4 Å². The summed E-state index contributed by atoms with van der Waals surface area (Å²) in [6, 6.07) is 13.7. The van der Waals surface area contributed by atoms with Gasteiger partial charge in [-0.2, -0.15) is 0 Å². The SMILES string of the molecule is Cc1ccnc(Nc2ccc(NCCNC(=O)Cc3ccccc3F)nn2)c1. The molecule has 2 heterocycles. The van der Waals surface area contributed by atoms with Crippen molar-refractivity contribution in [3.05, 3.63) is 71.7 Å². The molecule has 8 heteroatoms. The van der Waals surface area contributed by atoms with E-state index in [4.69, 9.17) is 0 Å². The van der Waals surface area contributed by atoms with Gasteiger partial charge < -0.3 is 16.0 Å². The van der Waals surface area contributed by atoms with Crippen molar-refractivity contribution in [1.29, 1.82) is 0 Å². The van der Waals surface area contributed by atoms with Gasteiger partial charge in [-0.15, -0.1) is 10.2 Å². The fourth-order valence-corrected chi connectivity index (χ4v) is 2.50. The van der Waals surface area contributed by atoms with Crippen molar-refractivity contribution in [2.45, 2.75) is 13.3 Å². The van der Waals surface area contributed by atoms with Gasteiger partial charge in [0.2, 0.25) is 5.91 Å². The minimum absolute atomic E-state index is 0.0137. The van der Waals surface area contributed by atoms with Gasteiger partial charge in [0, 0.05) is 19.3 Å². The molecule has 0 spiro atoms. The zero-order valence-electron chi connectivity index (χ0n) is 15.4. The standard InChI is InChI=1S/C20H21FN6O/c1-14-8-9-22-19(12-14)25-18-7-6-17(26-27-18)23-10-11-24-20(28)13-15-4-2-3-5-16(15)21/h2-9,12H,10-11,13H2,1H3,(H,23,26)(H,24,28)(H,22,25,27). The number of benzene rings is 1. The summed E-state index contributed by atoms with van der Waals surface area (Å²) in [6.45, 7) is 2.85. The molecule has 1 amide bonds. The highest BCUT2D eigenvalue weighted by Crippen LogP contribution is 2.13. The monoisotopic (exact) mass is 380 g/mol. The van der Waals surface area contributed by atoms with Gasteiger partial charge in [-0.25, -0.2) is 9.37 Å². The van der Waals surface area contributed by atoms with Crippen molar-refractivity contribution < 1.29 is 9.18 Å². The van der Waals surface area contributed by atoms with Crippen LogP contribution < -0.4 is 16.0 Å². The lowest BCUT2D eigenvalue weighted by Gasteiger charge is -2.08. The Hall–Kier alpha value is -3.55. The van der Waals surface area contributed by atoms with Crippen LogP contribution in [0.5, 0.6) is 0 Å². The fraction of sp³-hybridized carbons (Fsp3) is 0.200. The number of halogens is 1. The van der Waals surface area contributed by atoms with E-state index in [0.717, 1.165) is 5.56 Å². The van der Waals surface area contributed by atoms with E-state index in [0.29, 0.717) is 36.1 Å². The first kappa shape index (κ1) is 19.2. The topological polar surface area (TPSA) is 91.8 Å². The average molecular weight is 380 g/mol. The van der Waals surface area contributed by atoms with Gasteiger partial charge >= 0.3 is 0 Å². The molecule has 0 aliphatic carbocycles. The van der Waals surface area contributed by atoms with Crippen molar-refractivity contribution in [3.8, 4) is 0 Å². The van der Waals surface area contributed by atoms with E-state index in [1.165, 1.54) is 6.07 Å². The minimum atomic E-state index is -0.374. The predicted molar refractivity (Wildman–Crippen MR) is 106 cm³/mol. The maximum absolute atomic E-state index is 13.5. The Morgan fingerprint density at radius 2 is 1.79 bits per heavy atom. The number of anilines is 3. The van der Waals surface area contributed by atoms with Gasteiger partial charge in [-0.1, -0.05) is 18.2 Å². The van der Waals surface area contributed by atoms with Crippen LogP contribution in [0.4, 0.5) is 21.8 Å². The minimum Gasteiger partial charge on any atom is -0.367 e. The molecule has 0 radical (unpaired) electrons. The molecule has 0 aliphatic rings. The molecule has 3 rings (SSSR count). The lowest BCUT2D eigenvalue weighted by Crippen LogP contribution is -2.30. The highest BCUT2D eigenvalue weighted by Gasteiger charge is 2.07. The Morgan fingerprint density at radius 1 is 1.00 bits per heavy atom. The first-order valence-corrected chi connectivity index (χ1v) is 8.87. The van der Waals surface area contributed by atoms with Gasteiger partial charge in [-0.3, -0.25) is 4.79 Å². The van der Waals surface area contributed by atoms with Crippen molar-refractivity contribution in [2.75, 3.05) is 23.7 Å². The van der Waals surface area contributed by atoms with Crippen LogP contribution in [0.15, 0.2) is 54.7 Å². The largest absolute Gasteiger partial charge is 0.367 e. The Kier molecular flexibility index (Phi) is 6.46. The number of aromatic nitrogens is 3. The van der Waals surface area contributed by atoms with E-state index in [-0.39, 0.29) is 18.1 Å². The van der Waals surface area contributed by atoms with Crippen LogP contribution in [0.25, 0.3) is 0 Å². The third kappa shape index (κ3) is 5.73. The Bertz CT molecular complexity index is 932. The van der Waals surface area contributed by atoms with Crippen molar-refractivity contribution in [3.63, 3.8) is 0 Å². The third-order valence-corrected chi connectivity index (χ3v) is 3.90. The first-order chi connectivity index (χ1) is 13.6. The van der Waals surface area contributed by atoms with E-state index in [9.17, 15) is 9.18 Å². The summed E-state index contributed by atoms with van der Waals surface area (Å²) in [5, 5.41) is 17.1. The number of aryl methyl sites for hydroxylation is 1. The summed E-state index contributed by atoms with van der Waals surface area (Å²) in [5.41, 5.74) is 1.48. The number of hydrogen-bond acceptors (Lipinski definition) is 6. The quantitative estimate of drug-likeness (QED) is 0.521. The van der Waals surface area contributed by atoms with Crippen LogP contribution in [0.3, 0.4) is 0 Å². The van der Waals surface area contributed by atoms with E-state index in [1.54, 1.807) is 36.5 Å². The summed E-state index contributed by atoms with van der Waals surface area (Å²) >= 11 is 0. The van der Waals surface area contributed by atoms with Crippen LogP contribution >= 0.6 is 0 Å². The van der Waals surface area contributed by atoms with Crippen molar-refractivity contribution in [1.82, 2.24) is 20.5 Å². The summed E-state index contributed by atoms with van der Waals surface area (Å²) in [6.07, 6.45) is 1.74. The van der Waals surface area contributed by atoms with Crippen LogP contribution in [0.1, 0.15) is 11.1 Å². The van der Waals surface area contributed by atoms with Crippen LogP contribution in [-0.2, 0) is 11.2 Å². The molecule has 144 valence electrons. The van der Waals surface area contributed by atoms with Gasteiger partial charge in [0.15, 0.2) is 5.82 Å². The maximum Gasteiger partial charge on any atom is 0.224 e. The molecule has 1 aromatic carbocycles. The normalized spacial score (nSPS) is 10.4. The fourth-order valence-electron chi connectivity index (χ4n) is 2.50. The second kappa shape index (κ2) is 9.40. The first-order valence-electron chi connectivity index (χ1n) is 8.87. The van der Waals surface area contributed by atoms with E-state index in [1.807, 2.05) is 19.1 Å². The lowest BCUT2D eigenvalue weighted by molar-refractivity contribution is -0.120. The van der Waals surface area contributed by atoms with Crippen LogP contribution in [0.2, 0.25) is 0 Å². The molecule has 0 saturated heterocycles. The molecule has 0 aliphatic heterocycles. The molecule has 0 fully saturated rings. The highest BCUT2D eigenvalue weighted by molar-refractivity contribution is 5.78. The van der Waals surface area contributed by atoms with Crippen LogP contribution in [0, 0.1) is 12.7 Å². The highest BCUT2D eigenvalue weighted by atomic mass is 19.1. The smallest absolute Gasteiger partial charge is 0.224 e. The molecule has 0 unspecified atom stereocenters. The molecule has 3 N–H and O–H groups in total. The Balaban J connectivity index is 1.40. The predicted octanol–water partition coefficient (Wildman–Crippen LogP) is 2.83. The number of amides is 1. The molecule has 28 heavy (non-hydrogen) atoms. The maximum atomic E-state index is 13.5. The summed E-state index contributed by atoms with van der Waals surface area (Å²) < 4.78 is 13.5. The number of nitrogens with zero attached hydrogens (tertiary/aromatic N) is 3. The zero-order chi connectivity index (χ0) is 19.8. The molecule has 2 aromatic heterocycles. The second-order valence-corrected chi connectivity index (χ2v) is 6.19. The van der Waals surface area contributed by atoms with E-state index >= 15 is 0 Å². The third-order valence-electron chi connectivity index (χ3n) is 3.90. The molecule has 0 atom stereocenters. The number of carbonyl (C=O) groups excluding carboxylic acids is 1. The van der Waals surface area contributed by atoms with E-state index < -0.39 is 0 Å². The number of nitrogens with one attached hydrogen (secondary N) is 3. The number of carbonyl (C=O) groups is 1.